The summed E-state index contributed by atoms with van der Waals surface area (Å²) >= 11 is 0. The predicted octanol–water partition coefficient (Wildman–Crippen LogP) is 2.54. The normalized spacial score (nSPS) is 14.7. The lowest BCUT2D eigenvalue weighted by atomic mass is 10.2. The maximum Gasteiger partial charge on any atom is 0.225 e. The highest BCUT2D eigenvalue weighted by atomic mass is 35.5. The zero-order valence-electron chi connectivity index (χ0n) is 15.7. The first-order valence-corrected chi connectivity index (χ1v) is 10.3. The number of nitrogens with one attached hydrogen (secondary N) is 2. The second-order valence-electron chi connectivity index (χ2n) is 6.62. The van der Waals surface area contributed by atoms with E-state index in [0.29, 0.717) is 5.75 Å². The smallest absolute Gasteiger partial charge is 0.225 e. The number of anilines is 1. The number of aromatic nitrogens is 2. The lowest BCUT2D eigenvalue weighted by Crippen LogP contribution is -2.43. The van der Waals surface area contributed by atoms with Gasteiger partial charge in [0.2, 0.25) is 9.84 Å². The van der Waals surface area contributed by atoms with Gasteiger partial charge in [-0.1, -0.05) is 6.07 Å². The first-order chi connectivity index (χ1) is 13.0. The Morgan fingerprint density at radius 3 is 2.61 bits per heavy atom. The Morgan fingerprint density at radius 2 is 1.89 bits per heavy atom. The summed E-state index contributed by atoms with van der Waals surface area (Å²) in [5.41, 5.74) is 1.61. The molecule has 0 aliphatic carbocycles. The third-order valence-electron chi connectivity index (χ3n) is 4.82. The fourth-order valence-electron chi connectivity index (χ4n) is 3.40. The van der Waals surface area contributed by atoms with E-state index in [1.807, 2.05) is 13.0 Å². The first kappa shape index (κ1) is 20.4. The third-order valence-corrected chi connectivity index (χ3v) is 6.51. The first-order valence-electron chi connectivity index (χ1n) is 8.84. The molecule has 1 aliphatic rings. The van der Waals surface area contributed by atoms with E-state index >= 15 is 0 Å². The molecule has 2 aromatic heterocycles. The Morgan fingerprint density at radius 1 is 1.14 bits per heavy atom. The maximum absolute atomic E-state index is 13.3. The van der Waals surface area contributed by atoms with Gasteiger partial charge in [-0.15, -0.1) is 12.4 Å². The summed E-state index contributed by atoms with van der Waals surface area (Å²) in [5.74, 6) is 1.14. The summed E-state index contributed by atoms with van der Waals surface area (Å²) in [6.07, 6.45) is 1.71. The number of rotatable bonds is 4. The van der Waals surface area contributed by atoms with Crippen molar-refractivity contribution >= 4 is 39.0 Å². The molecule has 1 saturated heterocycles. The van der Waals surface area contributed by atoms with Gasteiger partial charge in [0.25, 0.3) is 0 Å². The lowest BCUT2D eigenvalue weighted by molar-refractivity contribution is 0.402. The fraction of sp³-hybridized carbons (Fsp3) is 0.316. The van der Waals surface area contributed by atoms with Crippen molar-refractivity contribution in [3.63, 3.8) is 0 Å². The van der Waals surface area contributed by atoms with Crippen LogP contribution in [0.3, 0.4) is 0 Å². The molecule has 1 fully saturated rings. The molecule has 3 aromatic rings. The van der Waals surface area contributed by atoms with Crippen LogP contribution in [0.4, 0.5) is 5.82 Å². The number of benzene rings is 1. The lowest BCUT2D eigenvalue weighted by Gasteiger charge is -2.28. The largest absolute Gasteiger partial charge is 0.495 e. The molecule has 0 saturated carbocycles. The fourth-order valence-corrected chi connectivity index (χ4v) is 4.91. The molecule has 7 nitrogen and oxygen atoms in total. The van der Waals surface area contributed by atoms with Gasteiger partial charge in [0.1, 0.15) is 21.5 Å². The van der Waals surface area contributed by atoms with E-state index < -0.39 is 9.84 Å². The van der Waals surface area contributed by atoms with Crippen LogP contribution in [-0.4, -0.2) is 51.7 Å². The van der Waals surface area contributed by atoms with E-state index in [1.54, 1.807) is 30.5 Å². The number of piperazine rings is 1. The van der Waals surface area contributed by atoms with Crippen molar-refractivity contribution in [2.75, 3.05) is 38.2 Å². The van der Waals surface area contributed by atoms with Crippen molar-refractivity contribution < 1.29 is 13.2 Å². The molecule has 0 atom stereocenters. The van der Waals surface area contributed by atoms with Crippen LogP contribution in [-0.2, 0) is 9.84 Å². The van der Waals surface area contributed by atoms with Crippen LogP contribution >= 0.6 is 12.4 Å². The minimum atomic E-state index is -3.75. The van der Waals surface area contributed by atoms with E-state index in [-0.39, 0.29) is 22.3 Å². The molecule has 9 heteroatoms. The Hall–Kier alpha value is -2.29. The molecule has 3 heterocycles. The quantitative estimate of drug-likeness (QED) is 0.671. The van der Waals surface area contributed by atoms with Gasteiger partial charge in [-0.2, -0.15) is 0 Å². The van der Waals surface area contributed by atoms with Crippen molar-refractivity contribution in [3.05, 3.63) is 42.1 Å². The highest BCUT2D eigenvalue weighted by molar-refractivity contribution is 7.91. The van der Waals surface area contributed by atoms with Gasteiger partial charge in [-0.3, -0.25) is 0 Å². The van der Waals surface area contributed by atoms with Crippen LogP contribution < -0.4 is 15.0 Å². The summed E-state index contributed by atoms with van der Waals surface area (Å²) in [4.78, 5) is 9.90. The van der Waals surface area contributed by atoms with Gasteiger partial charge in [-0.25, -0.2) is 13.4 Å². The van der Waals surface area contributed by atoms with Gasteiger partial charge < -0.3 is 19.9 Å². The molecule has 28 heavy (non-hydrogen) atoms. The number of nitrogens with zero attached hydrogens (tertiary/aromatic N) is 2. The number of hydrogen-bond donors (Lipinski definition) is 2. The highest BCUT2D eigenvalue weighted by Gasteiger charge is 2.26. The molecular weight excluding hydrogens is 400 g/mol. The SMILES string of the molecule is COc1ccc(C)cc1S(=O)(=O)c1cc2c(N3CCNCC3)nccc2[nH]1.Cl. The van der Waals surface area contributed by atoms with E-state index in [4.69, 9.17) is 4.74 Å². The molecule has 0 spiro atoms. The number of halogens is 1. The Bertz CT molecular complexity index is 1090. The molecule has 150 valence electrons. The summed E-state index contributed by atoms with van der Waals surface area (Å²) in [5, 5.41) is 4.27. The van der Waals surface area contributed by atoms with Crippen LogP contribution in [0, 0.1) is 6.92 Å². The van der Waals surface area contributed by atoms with Crippen molar-refractivity contribution in [1.82, 2.24) is 15.3 Å². The second kappa shape index (κ2) is 7.98. The van der Waals surface area contributed by atoms with Gasteiger partial charge >= 0.3 is 0 Å². The number of fused-ring (bicyclic) bond motifs is 1. The van der Waals surface area contributed by atoms with Crippen molar-refractivity contribution in [2.24, 2.45) is 0 Å². The monoisotopic (exact) mass is 422 g/mol. The molecular formula is C19H23ClN4O3S. The van der Waals surface area contributed by atoms with E-state index in [2.05, 4.69) is 20.2 Å². The number of aromatic amines is 1. The Labute approximate surface area is 170 Å². The summed E-state index contributed by atoms with van der Waals surface area (Å²) in [6, 6.07) is 8.62. The van der Waals surface area contributed by atoms with Crippen molar-refractivity contribution in [3.8, 4) is 5.75 Å². The summed E-state index contributed by atoms with van der Waals surface area (Å²) < 4.78 is 31.8. The molecule has 1 aliphatic heterocycles. The Balaban J connectivity index is 0.00000225. The van der Waals surface area contributed by atoms with Crippen LogP contribution in [0.15, 0.2) is 46.5 Å². The molecule has 4 rings (SSSR count). The number of hydrogen-bond acceptors (Lipinski definition) is 6. The van der Waals surface area contributed by atoms with E-state index in [9.17, 15) is 8.42 Å². The van der Waals surface area contributed by atoms with Gasteiger partial charge in [-0.05, 0) is 36.8 Å². The number of pyridine rings is 1. The number of ether oxygens (including phenoxy) is 1. The minimum absolute atomic E-state index is 0. The van der Waals surface area contributed by atoms with Crippen LogP contribution in [0.5, 0.6) is 5.75 Å². The van der Waals surface area contributed by atoms with Crippen LogP contribution in [0.25, 0.3) is 10.9 Å². The van der Waals surface area contributed by atoms with E-state index in [0.717, 1.165) is 48.5 Å². The number of methoxy groups -OCH3 is 1. The Kier molecular flexibility index (Phi) is 5.83. The molecule has 0 bridgehead atoms. The van der Waals surface area contributed by atoms with Crippen molar-refractivity contribution in [2.45, 2.75) is 16.8 Å². The standard InChI is InChI=1S/C19H22N4O3S.ClH/c1-13-3-4-16(26-2)17(11-13)27(24,25)18-12-14-15(22-18)5-6-21-19(14)23-9-7-20-8-10-23;/h3-6,11-12,20,22H,7-10H2,1-2H3;1H. The number of H-pyrrole nitrogens is 1. The number of sulfone groups is 1. The van der Waals surface area contributed by atoms with E-state index in [1.165, 1.54) is 7.11 Å². The van der Waals surface area contributed by atoms with Gasteiger partial charge in [0.15, 0.2) is 0 Å². The zero-order valence-corrected chi connectivity index (χ0v) is 17.4. The molecule has 1 aromatic carbocycles. The minimum Gasteiger partial charge on any atom is -0.495 e. The highest BCUT2D eigenvalue weighted by Crippen LogP contribution is 2.33. The summed E-state index contributed by atoms with van der Waals surface area (Å²) in [6.45, 7) is 5.30. The predicted molar refractivity (Wildman–Crippen MR) is 112 cm³/mol. The molecule has 2 N–H and O–H groups in total. The average molecular weight is 423 g/mol. The topological polar surface area (TPSA) is 87.3 Å². The zero-order chi connectivity index (χ0) is 19.0. The molecule has 0 amide bonds. The average Bonchev–Trinajstić information content (AvgIpc) is 3.14. The molecule has 0 radical (unpaired) electrons. The van der Waals surface area contributed by atoms with Crippen LogP contribution in [0.1, 0.15) is 5.56 Å². The second-order valence-corrected chi connectivity index (χ2v) is 8.51. The number of aryl methyl sites for hydroxylation is 1. The van der Waals surface area contributed by atoms with Gasteiger partial charge in [0.05, 0.1) is 12.6 Å². The van der Waals surface area contributed by atoms with Crippen LogP contribution in [0.2, 0.25) is 0 Å². The maximum atomic E-state index is 13.3. The van der Waals surface area contributed by atoms with Gasteiger partial charge in [0, 0.05) is 37.8 Å². The summed E-state index contributed by atoms with van der Waals surface area (Å²) in [7, 11) is -2.28. The third kappa shape index (κ3) is 3.55. The van der Waals surface area contributed by atoms with Crippen molar-refractivity contribution in [1.29, 1.82) is 0 Å². The molecule has 0 unspecified atom stereocenters.